The summed E-state index contributed by atoms with van der Waals surface area (Å²) in [7, 11) is 0. The van der Waals surface area contributed by atoms with Gasteiger partial charge in [-0.3, -0.25) is 5.10 Å². The molecule has 5 N–H and O–H groups in total. The number of aromatic amines is 3. The molecule has 158 valence electrons. The lowest BCUT2D eigenvalue weighted by Gasteiger charge is -2.05. The minimum absolute atomic E-state index is 0.408. The fourth-order valence-corrected chi connectivity index (χ4v) is 2.89. The summed E-state index contributed by atoms with van der Waals surface area (Å²) in [6.45, 7) is 8.28. The average molecular weight is 414 g/mol. The number of carbonyl (C=O) groups excluding carboxylic acids is 1. The van der Waals surface area contributed by atoms with Crippen LogP contribution < -0.4 is 10.2 Å². The van der Waals surface area contributed by atoms with Gasteiger partial charge in [-0.1, -0.05) is 0 Å². The van der Waals surface area contributed by atoms with Gasteiger partial charge in [0, 0.05) is 30.2 Å². The highest BCUT2D eigenvalue weighted by Gasteiger charge is 2.16. The smallest absolute Gasteiger partial charge is 0.335 e. The number of hydrogen-bond donors (Lipinski definition) is 4. The molecule has 10 nitrogen and oxygen atoms in total. The number of carboxylic acid groups (broad SMARTS) is 3. The Hall–Kier alpha value is -3.95. The molecular weight excluding hydrogens is 392 g/mol. The van der Waals surface area contributed by atoms with E-state index in [4.69, 9.17) is 10.2 Å². The van der Waals surface area contributed by atoms with Crippen LogP contribution in [0.1, 0.15) is 65.0 Å². The molecule has 0 radical (unpaired) electrons. The maximum absolute atomic E-state index is 10.5. The average Bonchev–Trinajstić information content (AvgIpc) is 3.18. The lowest BCUT2D eigenvalue weighted by Crippen LogP contribution is -2.23. The second-order valence-electron chi connectivity index (χ2n) is 6.76. The summed E-state index contributed by atoms with van der Waals surface area (Å²) in [6, 6.07) is 2.55. The Balaban J connectivity index is 0.000000214. The van der Waals surface area contributed by atoms with Crippen LogP contribution >= 0.6 is 0 Å². The molecule has 2 heterocycles. The minimum Gasteiger partial charge on any atom is -0.545 e. The van der Waals surface area contributed by atoms with Gasteiger partial charge in [0.05, 0.1) is 28.5 Å². The highest BCUT2D eigenvalue weighted by Crippen LogP contribution is 2.18. The molecular formula is C20H22N4O6. The minimum atomic E-state index is -1.62. The summed E-state index contributed by atoms with van der Waals surface area (Å²) in [5.74, 6) is -4.43. The third-order valence-corrected chi connectivity index (χ3v) is 4.64. The molecule has 0 spiro atoms. The highest BCUT2D eigenvalue weighted by molar-refractivity contribution is 5.98. The van der Waals surface area contributed by atoms with E-state index in [9.17, 15) is 19.5 Å². The maximum Gasteiger partial charge on any atom is 0.335 e. The quantitative estimate of drug-likeness (QED) is 0.478. The largest absolute Gasteiger partial charge is 0.545 e. The predicted molar refractivity (Wildman–Crippen MR) is 102 cm³/mol. The zero-order chi connectivity index (χ0) is 22.6. The van der Waals surface area contributed by atoms with Gasteiger partial charge < -0.3 is 20.1 Å². The molecule has 3 rings (SSSR count). The molecule has 0 fully saturated rings. The standard InChI is InChI=1S/C11H16N4.C9H6O6/c1-6-10(7(2)13-12-6)5-11-8(3)14-15-9(11)4;10-7(11)4-1-5(8(12)13)3-6(2-4)9(14)15/h5H2,1-4H3,(H,12,13)(H,14,15);1-3H,(H,10,11)(H,12,13)(H,14,15). The molecule has 0 saturated heterocycles. The van der Waals surface area contributed by atoms with Crippen molar-refractivity contribution in [3.63, 3.8) is 0 Å². The Morgan fingerprint density at radius 2 is 1.47 bits per heavy atom. The second kappa shape index (κ2) is 9.03. The first-order chi connectivity index (χ1) is 14.0. The number of aromatic nitrogens is 4. The molecule has 0 bridgehead atoms. The van der Waals surface area contributed by atoms with Gasteiger partial charge in [-0.2, -0.15) is 10.2 Å². The van der Waals surface area contributed by atoms with E-state index >= 15 is 0 Å². The second-order valence-corrected chi connectivity index (χ2v) is 6.76. The predicted octanol–water partition coefficient (Wildman–Crippen LogP) is 0.823. The van der Waals surface area contributed by atoms with Crippen molar-refractivity contribution in [3.8, 4) is 0 Å². The normalized spacial score (nSPS) is 10.3. The molecule has 0 aliphatic rings. The van der Waals surface area contributed by atoms with Crippen LogP contribution in [0.3, 0.4) is 0 Å². The number of hydrogen-bond acceptors (Lipinski definition) is 5. The topological polar surface area (TPSA) is 173 Å². The first kappa shape index (κ1) is 22.3. The van der Waals surface area contributed by atoms with Crippen LogP contribution in [0.25, 0.3) is 0 Å². The first-order valence-corrected chi connectivity index (χ1v) is 8.90. The van der Waals surface area contributed by atoms with Crippen molar-refractivity contribution in [1.82, 2.24) is 15.3 Å². The summed E-state index contributed by atoms with van der Waals surface area (Å²) < 4.78 is 0. The van der Waals surface area contributed by atoms with Crippen molar-refractivity contribution in [3.05, 3.63) is 68.8 Å². The lowest BCUT2D eigenvalue weighted by atomic mass is 10.0. The number of benzene rings is 1. The number of aryl methyl sites for hydroxylation is 4. The molecule has 0 atom stereocenters. The first-order valence-electron chi connectivity index (χ1n) is 8.90. The number of nitrogens with zero attached hydrogens (tertiary/aromatic N) is 1. The highest BCUT2D eigenvalue weighted by atomic mass is 16.4. The van der Waals surface area contributed by atoms with E-state index in [1.807, 2.05) is 6.92 Å². The van der Waals surface area contributed by atoms with Gasteiger partial charge in [0.1, 0.15) is 0 Å². The van der Waals surface area contributed by atoms with Crippen molar-refractivity contribution in [1.29, 1.82) is 0 Å². The van der Waals surface area contributed by atoms with Crippen LogP contribution in [0.4, 0.5) is 0 Å². The number of rotatable bonds is 5. The summed E-state index contributed by atoms with van der Waals surface area (Å²) >= 11 is 0. The van der Waals surface area contributed by atoms with E-state index in [0.29, 0.717) is 0 Å². The van der Waals surface area contributed by atoms with Crippen molar-refractivity contribution in [2.45, 2.75) is 34.1 Å². The van der Waals surface area contributed by atoms with Gasteiger partial charge in [0.25, 0.3) is 0 Å². The van der Waals surface area contributed by atoms with Crippen LogP contribution in [0, 0.1) is 27.7 Å². The van der Waals surface area contributed by atoms with Gasteiger partial charge in [-0.25, -0.2) is 9.59 Å². The van der Waals surface area contributed by atoms with Crippen LogP contribution in [-0.4, -0.2) is 43.4 Å². The van der Waals surface area contributed by atoms with Crippen LogP contribution in [0.15, 0.2) is 18.2 Å². The summed E-state index contributed by atoms with van der Waals surface area (Å²) in [6.07, 6.45) is 0.936. The molecule has 10 heteroatoms. The van der Waals surface area contributed by atoms with E-state index in [0.717, 1.165) is 36.0 Å². The van der Waals surface area contributed by atoms with E-state index in [1.54, 1.807) is 0 Å². The molecule has 2 aromatic heterocycles. The Labute approximate surface area is 171 Å². The van der Waals surface area contributed by atoms with Crippen molar-refractivity contribution in [2.75, 3.05) is 0 Å². The Morgan fingerprint density at radius 3 is 1.83 bits per heavy atom. The lowest BCUT2D eigenvalue weighted by molar-refractivity contribution is -0.458. The summed E-state index contributed by atoms with van der Waals surface area (Å²) in [4.78, 5) is 31.5. The van der Waals surface area contributed by atoms with Crippen LogP contribution in [0.2, 0.25) is 0 Å². The Morgan fingerprint density at radius 1 is 0.933 bits per heavy atom. The van der Waals surface area contributed by atoms with Crippen molar-refractivity contribution < 1.29 is 34.8 Å². The van der Waals surface area contributed by atoms with Crippen molar-refractivity contribution in [2.24, 2.45) is 0 Å². The summed E-state index contributed by atoms with van der Waals surface area (Å²) in [5, 5.41) is 41.1. The van der Waals surface area contributed by atoms with Gasteiger partial charge >= 0.3 is 11.9 Å². The SMILES string of the molecule is Cc1n[nH]c(C)c1Cc1c(C)[nH][nH+]c1C.O=C([O-])c1cc(C(=O)O)cc(C(=O)O)c1. The molecule has 0 saturated carbocycles. The number of nitrogens with one attached hydrogen (secondary N) is 3. The molecule has 1 aromatic carbocycles. The Kier molecular flexibility index (Phi) is 6.73. The third-order valence-electron chi connectivity index (χ3n) is 4.64. The molecule has 3 aromatic rings. The number of H-pyrrole nitrogens is 3. The van der Waals surface area contributed by atoms with Crippen LogP contribution in [-0.2, 0) is 6.42 Å². The zero-order valence-corrected chi connectivity index (χ0v) is 16.9. The van der Waals surface area contributed by atoms with E-state index in [2.05, 4.69) is 41.2 Å². The number of carboxylic acids is 3. The number of aromatic carboxylic acids is 3. The fraction of sp³-hybridized carbons (Fsp3) is 0.250. The molecule has 0 aliphatic heterocycles. The van der Waals surface area contributed by atoms with Gasteiger partial charge in [0.15, 0.2) is 0 Å². The van der Waals surface area contributed by atoms with Gasteiger partial charge in [0.2, 0.25) is 5.69 Å². The molecule has 0 amide bonds. The molecule has 0 aliphatic carbocycles. The van der Waals surface area contributed by atoms with E-state index in [-0.39, 0.29) is 0 Å². The molecule has 0 unspecified atom stereocenters. The van der Waals surface area contributed by atoms with E-state index in [1.165, 1.54) is 22.5 Å². The fourth-order valence-electron chi connectivity index (χ4n) is 2.89. The zero-order valence-electron chi connectivity index (χ0n) is 16.9. The van der Waals surface area contributed by atoms with Crippen LogP contribution in [0.5, 0.6) is 0 Å². The third kappa shape index (κ3) is 5.10. The Bertz CT molecular complexity index is 950. The van der Waals surface area contributed by atoms with Gasteiger partial charge in [-0.05, 0) is 44.5 Å². The monoisotopic (exact) mass is 414 g/mol. The molecule has 30 heavy (non-hydrogen) atoms. The summed E-state index contributed by atoms with van der Waals surface area (Å²) in [5.41, 5.74) is 5.99. The number of carbonyl (C=O) groups is 3. The van der Waals surface area contributed by atoms with Gasteiger partial charge in [-0.15, -0.1) is 5.10 Å². The van der Waals surface area contributed by atoms with Crippen molar-refractivity contribution >= 4 is 17.9 Å². The van der Waals surface area contributed by atoms with E-state index < -0.39 is 34.6 Å². The maximum atomic E-state index is 10.5.